The minimum Gasteiger partial charge on any atom is -0.389 e. The van der Waals surface area contributed by atoms with Gasteiger partial charge in [-0.2, -0.15) is 0 Å². The summed E-state index contributed by atoms with van der Waals surface area (Å²) in [5.74, 6) is -0.377. The van der Waals surface area contributed by atoms with E-state index in [0.29, 0.717) is 5.56 Å². The lowest BCUT2D eigenvalue weighted by atomic mass is 9.97. The van der Waals surface area contributed by atoms with E-state index < -0.39 is 5.60 Å². The Labute approximate surface area is 111 Å². The van der Waals surface area contributed by atoms with E-state index in [1.54, 1.807) is 16.7 Å². The number of aliphatic hydroxyl groups is 1. The standard InChI is InChI=1S/C13H20N2O2S/c1-13(2,17)11-4-3-5-15(11)7-10-6-9(8-18-10)12(14)16/h6,8,11,17H,3-5,7H2,1-2H3,(H2,14,16). The molecule has 1 amide bonds. The SMILES string of the molecule is CC(C)(O)C1CCCN1Cc1cc(C(N)=O)cs1. The second kappa shape index (κ2) is 4.99. The molecule has 1 saturated heterocycles. The molecule has 2 rings (SSSR count). The summed E-state index contributed by atoms with van der Waals surface area (Å²) in [5.41, 5.74) is 5.14. The second-order valence-electron chi connectivity index (χ2n) is 5.45. The van der Waals surface area contributed by atoms with Crippen LogP contribution in [0.3, 0.4) is 0 Å². The van der Waals surface area contributed by atoms with E-state index >= 15 is 0 Å². The van der Waals surface area contributed by atoms with Gasteiger partial charge in [-0.3, -0.25) is 9.69 Å². The van der Waals surface area contributed by atoms with Gasteiger partial charge in [-0.15, -0.1) is 11.3 Å². The summed E-state index contributed by atoms with van der Waals surface area (Å²) in [6.07, 6.45) is 2.14. The fraction of sp³-hybridized carbons (Fsp3) is 0.615. The summed E-state index contributed by atoms with van der Waals surface area (Å²) in [6, 6.07) is 2.05. The van der Waals surface area contributed by atoms with E-state index in [1.807, 2.05) is 19.9 Å². The van der Waals surface area contributed by atoms with Crippen LogP contribution >= 0.6 is 11.3 Å². The summed E-state index contributed by atoms with van der Waals surface area (Å²) in [7, 11) is 0. The van der Waals surface area contributed by atoms with E-state index in [4.69, 9.17) is 5.73 Å². The maximum Gasteiger partial charge on any atom is 0.249 e. The third kappa shape index (κ3) is 2.91. The van der Waals surface area contributed by atoms with Gasteiger partial charge in [-0.25, -0.2) is 0 Å². The molecule has 1 atom stereocenters. The van der Waals surface area contributed by atoms with Crippen LogP contribution in [0.4, 0.5) is 0 Å². The van der Waals surface area contributed by atoms with Gasteiger partial charge in [-0.05, 0) is 39.3 Å². The molecule has 2 heterocycles. The fourth-order valence-corrected chi connectivity index (χ4v) is 3.51. The number of hydrogen-bond acceptors (Lipinski definition) is 4. The Morgan fingerprint density at radius 1 is 1.67 bits per heavy atom. The largest absolute Gasteiger partial charge is 0.389 e. The highest BCUT2D eigenvalue weighted by atomic mass is 32.1. The van der Waals surface area contributed by atoms with Gasteiger partial charge in [0.05, 0.1) is 11.2 Å². The van der Waals surface area contributed by atoms with Crippen LogP contribution in [0.25, 0.3) is 0 Å². The van der Waals surface area contributed by atoms with Crippen molar-refractivity contribution in [3.8, 4) is 0 Å². The third-order valence-electron chi connectivity index (χ3n) is 3.48. The molecule has 100 valence electrons. The number of rotatable bonds is 4. The summed E-state index contributed by atoms with van der Waals surface area (Å²) in [4.78, 5) is 14.5. The Kier molecular flexibility index (Phi) is 3.75. The first-order chi connectivity index (χ1) is 8.38. The molecule has 1 fully saturated rings. The number of thiophene rings is 1. The van der Waals surface area contributed by atoms with Gasteiger partial charge in [0.25, 0.3) is 0 Å². The summed E-state index contributed by atoms with van der Waals surface area (Å²) >= 11 is 1.55. The molecule has 0 aliphatic carbocycles. The molecule has 3 N–H and O–H groups in total. The van der Waals surface area contributed by atoms with Crippen molar-refractivity contribution >= 4 is 17.2 Å². The molecule has 1 aromatic rings. The third-order valence-corrected chi connectivity index (χ3v) is 4.40. The van der Waals surface area contributed by atoms with Crippen molar-refractivity contribution in [2.45, 2.75) is 44.9 Å². The molecule has 1 aliphatic heterocycles. The highest BCUT2D eigenvalue weighted by Gasteiger charge is 2.35. The molecule has 0 radical (unpaired) electrons. The number of nitrogens with zero attached hydrogens (tertiary/aromatic N) is 1. The van der Waals surface area contributed by atoms with Crippen LogP contribution in [-0.2, 0) is 6.54 Å². The smallest absolute Gasteiger partial charge is 0.249 e. The minimum absolute atomic E-state index is 0.191. The number of primary amides is 1. The molecule has 0 spiro atoms. The lowest BCUT2D eigenvalue weighted by Crippen LogP contribution is -2.45. The molecule has 1 aromatic heterocycles. The lowest BCUT2D eigenvalue weighted by Gasteiger charge is -2.33. The number of carbonyl (C=O) groups excluding carboxylic acids is 1. The van der Waals surface area contributed by atoms with E-state index in [1.165, 1.54) is 0 Å². The molecular formula is C13H20N2O2S. The molecule has 1 unspecified atom stereocenters. The van der Waals surface area contributed by atoms with Gasteiger partial charge in [0, 0.05) is 22.8 Å². The van der Waals surface area contributed by atoms with Crippen molar-refractivity contribution in [2.24, 2.45) is 5.73 Å². The van der Waals surface area contributed by atoms with Crippen molar-refractivity contribution in [3.63, 3.8) is 0 Å². The Morgan fingerprint density at radius 3 is 2.94 bits per heavy atom. The molecular weight excluding hydrogens is 248 g/mol. The number of likely N-dealkylation sites (tertiary alicyclic amines) is 1. The van der Waals surface area contributed by atoms with E-state index in [2.05, 4.69) is 4.90 Å². The molecule has 0 saturated carbocycles. The topological polar surface area (TPSA) is 66.6 Å². The van der Waals surface area contributed by atoms with Crippen molar-refractivity contribution in [2.75, 3.05) is 6.54 Å². The summed E-state index contributed by atoms with van der Waals surface area (Å²) in [5, 5.41) is 11.9. The minimum atomic E-state index is -0.680. The highest BCUT2D eigenvalue weighted by molar-refractivity contribution is 7.10. The number of carbonyl (C=O) groups is 1. The first-order valence-corrected chi connectivity index (χ1v) is 7.09. The Morgan fingerprint density at radius 2 is 2.39 bits per heavy atom. The first kappa shape index (κ1) is 13.5. The monoisotopic (exact) mass is 268 g/mol. The van der Waals surface area contributed by atoms with Gasteiger partial charge in [-0.1, -0.05) is 0 Å². The first-order valence-electron chi connectivity index (χ1n) is 6.21. The Hall–Kier alpha value is -0.910. The highest BCUT2D eigenvalue weighted by Crippen LogP contribution is 2.29. The van der Waals surface area contributed by atoms with Gasteiger partial charge in [0.2, 0.25) is 5.91 Å². The van der Waals surface area contributed by atoms with Crippen LogP contribution in [0.1, 0.15) is 41.9 Å². The zero-order chi connectivity index (χ0) is 13.3. The molecule has 0 aromatic carbocycles. The predicted molar refractivity (Wildman–Crippen MR) is 72.6 cm³/mol. The molecule has 1 aliphatic rings. The van der Waals surface area contributed by atoms with Gasteiger partial charge in [0.1, 0.15) is 0 Å². The van der Waals surface area contributed by atoms with Gasteiger partial charge >= 0.3 is 0 Å². The van der Waals surface area contributed by atoms with Crippen LogP contribution in [0, 0.1) is 0 Å². The average molecular weight is 268 g/mol. The number of amides is 1. The molecule has 5 heteroatoms. The average Bonchev–Trinajstić information content (AvgIpc) is 2.85. The maximum absolute atomic E-state index is 11.1. The predicted octanol–water partition coefficient (Wildman–Crippen LogP) is 1.58. The normalized spacial score (nSPS) is 21.4. The molecule has 0 bridgehead atoms. The number of hydrogen-bond donors (Lipinski definition) is 2. The van der Waals surface area contributed by atoms with Crippen LogP contribution in [0.5, 0.6) is 0 Å². The van der Waals surface area contributed by atoms with Gasteiger partial charge < -0.3 is 10.8 Å². The van der Waals surface area contributed by atoms with Crippen LogP contribution in [-0.4, -0.2) is 34.1 Å². The van der Waals surface area contributed by atoms with Crippen molar-refractivity contribution in [3.05, 3.63) is 21.9 Å². The Bertz CT molecular complexity index is 436. The van der Waals surface area contributed by atoms with Crippen LogP contribution in [0.15, 0.2) is 11.4 Å². The zero-order valence-electron chi connectivity index (χ0n) is 10.8. The number of nitrogens with two attached hydrogens (primary N) is 1. The fourth-order valence-electron chi connectivity index (χ4n) is 2.61. The second-order valence-corrected chi connectivity index (χ2v) is 6.44. The van der Waals surface area contributed by atoms with Crippen molar-refractivity contribution in [1.82, 2.24) is 4.90 Å². The lowest BCUT2D eigenvalue weighted by molar-refractivity contribution is -0.00472. The van der Waals surface area contributed by atoms with Crippen molar-refractivity contribution < 1.29 is 9.90 Å². The summed E-state index contributed by atoms with van der Waals surface area (Å²) < 4.78 is 0. The van der Waals surface area contributed by atoms with E-state index in [9.17, 15) is 9.90 Å². The Balaban J connectivity index is 2.06. The van der Waals surface area contributed by atoms with E-state index in [0.717, 1.165) is 30.8 Å². The maximum atomic E-state index is 11.1. The van der Waals surface area contributed by atoms with E-state index in [-0.39, 0.29) is 11.9 Å². The zero-order valence-corrected chi connectivity index (χ0v) is 11.7. The quantitative estimate of drug-likeness (QED) is 0.871. The van der Waals surface area contributed by atoms with Crippen LogP contribution < -0.4 is 5.73 Å². The van der Waals surface area contributed by atoms with Crippen LogP contribution in [0.2, 0.25) is 0 Å². The molecule has 4 nitrogen and oxygen atoms in total. The summed E-state index contributed by atoms with van der Waals surface area (Å²) in [6.45, 7) is 5.50. The van der Waals surface area contributed by atoms with Gasteiger partial charge in [0.15, 0.2) is 0 Å². The molecule has 18 heavy (non-hydrogen) atoms. The van der Waals surface area contributed by atoms with Crippen molar-refractivity contribution in [1.29, 1.82) is 0 Å².